The molecule has 110 valence electrons. The summed E-state index contributed by atoms with van der Waals surface area (Å²) in [6.45, 7) is 0. The average molecular weight is 286 g/mol. The van der Waals surface area contributed by atoms with Crippen LogP contribution in [0.5, 0.6) is 0 Å². The third kappa shape index (κ3) is 2.74. The highest BCUT2D eigenvalue weighted by Crippen LogP contribution is 2.24. The molecule has 0 radical (unpaired) electrons. The zero-order chi connectivity index (χ0) is 14.8. The zero-order valence-electron chi connectivity index (χ0n) is 11.6. The lowest BCUT2D eigenvalue weighted by Gasteiger charge is -2.27. The lowest BCUT2D eigenvalue weighted by atomic mass is 9.85. The molecule has 0 spiro atoms. The third-order valence-corrected chi connectivity index (χ3v) is 4.15. The Labute approximate surface area is 122 Å². The van der Waals surface area contributed by atoms with Crippen molar-refractivity contribution in [1.82, 2.24) is 15.5 Å². The standard InChI is InChI=1S/C15H18N4O2/c16-14(20)9-5-7-10(8-6-9)17-15(21)13-11-3-1-2-4-12(11)18-19-13/h1-4,9-10H,5-8H2,(H2,16,20)(H,17,21)(H,18,19). The van der Waals surface area contributed by atoms with E-state index >= 15 is 0 Å². The predicted octanol–water partition coefficient (Wildman–Crippen LogP) is 1.34. The fourth-order valence-electron chi connectivity index (χ4n) is 2.91. The minimum atomic E-state index is -0.238. The molecule has 6 heteroatoms. The average Bonchev–Trinajstić information content (AvgIpc) is 2.92. The molecule has 6 nitrogen and oxygen atoms in total. The van der Waals surface area contributed by atoms with Gasteiger partial charge in [0.1, 0.15) is 0 Å². The number of nitrogens with zero attached hydrogens (tertiary/aromatic N) is 1. The fourth-order valence-corrected chi connectivity index (χ4v) is 2.91. The van der Waals surface area contributed by atoms with Crippen molar-refractivity contribution in [3.8, 4) is 0 Å². The first-order chi connectivity index (χ1) is 10.1. The molecule has 21 heavy (non-hydrogen) atoms. The van der Waals surface area contributed by atoms with Crippen LogP contribution in [0.15, 0.2) is 24.3 Å². The predicted molar refractivity (Wildman–Crippen MR) is 78.5 cm³/mol. The molecule has 1 saturated carbocycles. The van der Waals surface area contributed by atoms with E-state index in [0.29, 0.717) is 5.69 Å². The molecule has 1 aromatic heterocycles. The van der Waals surface area contributed by atoms with Gasteiger partial charge in [-0.25, -0.2) is 0 Å². The summed E-state index contributed by atoms with van der Waals surface area (Å²) >= 11 is 0. The number of H-pyrrole nitrogens is 1. The van der Waals surface area contributed by atoms with Crippen molar-refractivity contribution in [3.63, 3.8) is 0 Å². The van der Waals surface area contributed by atoms with Crippen molar-refractivity contribution < 1.29 is 9.59 Å². The maximum atomic E-state index is 12.3. The van der Waals surface area contributed by atoms with Crippen LogP contribution in [-0.4, -0.2) is 28.1 Å². The Morgan fingerprint density at radius 1 is 1.19 bits per heavy atom. The van der Waals surface area contributed by atoms with E-state index in [1.807, 2.05) is 24.3 Å². The number of aromatic nitrogens is 2. The van der Waals surface area contributed by atoms with E-state index in [1.54, 1.807) is 0 Å². The molecule has 1 aromatic carbocycles. The summed E-state index contributed by atoms with van der Waals surface area (Å²) in [6.07, 6.45) is 3.03. The van der Waals surface area contributed by atoms with Gasteiger partial charge in [-0.2, -0.15) is 5.10 Å². The number of rotatable bonds is 3. The number of fused-ring (bicyclic) bond motifs is 1. The van der Waals surface area contributed by atoms with Crippen LogP contribution in [0.25, 0.3) is 10.9 Å². The number of aromatic amines is 1. The second-order valence-corrected chi connectivity index (χ2v) is 5.54. The maximum Gasteiger partial charge on any atom is 0.272 e. The normalized spacial score (nSPS) is 22.1. The van der Waals surface area contributed by atoms with Gasteiger partial charge in [-0.1, -0.05) is 18.2 Å². The van der Waals surface area contributed by atoms with E-state index in [0.717, 1.165) is 36.6 Å². The van der Waals surface area contributed by atoms with Crippen LogP contribution in [0, 0.1) is 5.92 Å². The van der Waals surface area contributed by atoms with Crippen molar-refractivity contribution in [2.45, 2.75) is 31.7 Å². The molecule has 1 heterocycles. The van der Waals surface area contributed by atoms with Crippen molar-refractivity contribution in [2.75, 3.05) is 0 Å². The summed E-state index contributed by atoms with van der Waals surface area (Å²) in [6, 6.07) is 7.62. The van der Waals surface area contributed by atoms with E-state index in [1.165, 1.54) is 0 Å². The van der Waals surface area contributed by atoms with Crippen molar-refractivity contribution in [2.24, 2.45) is 11.7 Å². The highest BCUT2D eigenvalue weighted by Gasteiger charge is 2.26. The van der Waals surface area contributed by atoms with Gasteiger partial charge in [-0.05, 0) is 31.7 Å². The Morgan fingerprint density at radius 2 is 1.90 bits per heavy atom. The molecule has 3 rings (SSSR count). The van der Waals surface area contributed by atoms with Crippen molar-refractivity contribution >= 4 is 22.7 Å². The molecule has 0 aliphatic heterocycles. The number of nitrogens with two attached hydrogens (primary N) is 1. The van der Waals surface area contributed by atoms with Crippen LogP contribution in [-0.2, 0) is 4.79 Å². The largest absolute Gasteiger partial charge is 0.369 e. The van der Waals surface area contributed by atoms with Gasteiger partial charge in [-0.3, -0.25) is 14.7 Å². The maximum absolute atomic E-state index is 12.3. The van der Waals surface area contributed by atoms with E-state index in [4.69, 9.17) is 5.73 Å². The minimum absolute atomic E-state index is 0.0515. The number of primary amides is 1. The van der Waals surface area contributed by atoms with Gasteiger partial charge >= 0.3 is 0 Å². The number of hydrogen-bond acceptors (Lipinski definition) is 3. The summed E-state index contributed by atoms with van der Waals surface area (Å²) in [5.74, 6) is -0.461. The first kappa shape index (κ1) is 13.6. The van der Waals surface area contributed by atoms with Crippen LogP contribution >= 0.6 is 0 Å². The monoisotopic (exact) mass is 286 g/mol. The van der Waals surface area contributed by atoms with Crippen LogP contribution in [0.3, 0.4) is 0 Å². The van der Waals surface area contributed by atoms with Gasteiger partial charge in [0, 0.05) is 17.3 Å². The number of nitrogens with one attached hydrogen (secondary N) is 2. The third-order valence-electron chi connectivity index (χ3n) is 4.15. The van der Waals surface area contributed by atoms with Crippen LogP contribution in [0.1, 0.15) is 36.2 Å². The summed E-state index contributed by atoms with van der Waals surface area (Å²) in [7, 11) is 0. The molecule has 1 fully saturated rings. The van der Waals surface area contributed by atoms with Crippen molar-refractivity contribution in [1.29, 1.82) is 0 Å². The number of carbonyl (C=O) groups excluding carboxylic acids is 2. The smallest absolute Gasteiger partial charge is 0.272 e. The van der Waals surface area contributed by atoms with Crippen molar-refractivity contribution in [3.05, 3.63) is 30.0 Å². The molecule has 1 aliphatic carbocycles. The molecule has 0 bridgehead atoms. The SMILES string of the molecule is NC(=O)C1CCC(NC(=O)c2n[nH]c3ccccc23)CC1. The topological polar surface area (TPSA) is 101 Å². The van der Waals surface area contributed by atoms with Crippen LogP contribution < -0.4 is 11.1 Å². The van der Waals surface area contributed by atoms with Gasteiger partial charge in [0.2, 0.25) is 5.91 Å². The Bertz CT molecular complexity index is 671. The molecule has 0 unspecified atom stereocenters. The van der Waals surface area contributed by atoms with E-state index in [9.17, 15) is 9.59 Å². The first-order valence-electron chi connectivity index (χ1n) is 7.18. The van der Waals surface area contributed by atoms with E-state index < -0.39 is 0 Å². The second-order valence-electron chi connectivity index (χ2n) is 5.54. The van der Waals surface area contributed by atoms with Gasteiger partial charge in [0.15, 0.2) is 5.69 Å². The molecule has 2 aromatic rings. The summed E-state index contributed by atoms with van der Waals surface area (Å²) in [5, 5.41) is 10.8. The summed E-state index contributed by atoms with van der Waals surface area (Å²) in [5.41, 5.74) is 6.58. The molecule has 0 saturated heterocycles. The number of para-hydroxylation sites is 1. The van der Waals surface area contributed by atoms with Gasteiger partial charge in [-0.15, -0.1) is 0 Å². The Kier molecular flexibility index (Phi) is 3.60. The van der Waals surface area contributed by atoms with Gasteiger partial charge < -0.3 is 11.1 Å². The molecule has 4 N–H and O–H groups in total. The quantitative estimate of drug-likeness (QED) is 0.793. The molecule has 2 amide bonds. The van der Waals surface area contributed by atoms with Crippen LogP contribution in [0.4, 0.5) is 0 Å². The zero-order valence-corrected chi connectivity index (χ0v) is 11.6. The molecule has 0 atom stereocenters. The number of amides is 2. The Hall–Kier alpha value is -2.37. The van der Waals surface area contributed by atoms with Crippen LogP contribution in [0.2, 0.25) is 0 Å². The molecular formula is C15H18N4O2. The van der Waals surface area contributed by atoms with E-state index in [2.05, 4.69) is 15.5 Å². The summed E-state index contributed by atoms with van der Waals surface area (Å²) < 4.78 is 0. The fraction of sp³-hybridized carbons (Fsp3) is 0.400. The summed E-state index contributed by atoms with van der Waals surface area (Å²) in [4.78, 5) is 23.5. The van der Waals surface area contributed by atoms with E-state index in [-0.39, 0.29) is 23.8 Å². The lowest BCUT2D eigenvalue weighted by molar-refractivity contribution is -0.122. The highest BCUT2D eigenvalue weighted by atomic mass is 16.2. The second kappa shape index (κ2) is 5.55. The lowest BCUT2D eigenvalue weighted by Crippen LogP contribution is -2.39. The molecule has 1 aliphatic rings. The number of benzene rings is 1. The Morgan fingerprint density at radius 3 is 2.62 bits per heavy atom. The first-order valence-corrected chi connectivity index (χ1v) is 7.18. The Balaban J connectivity index is 1.66. The minimum Gasteiger partial charge on any atom is -0.369 e. The molecular weight excluding hydrogens is 268 g/mol. The van der Waals surface area contributed by atoms with Gasteiger partial charge in [0.25, 0.3) is 5.91 Å². The highest BCUT2D eigenvalue weighted by molar-refractivity contribution is 6.04. The number of hydrogen-bond donors (Lipinski definition) is 3. The number of carbonyl (C=O) groups is 2. The van der Waals surface area contributed by atoms with Gasteiger partial charge in [0.05, 0.1) is 5.52 Å².